The Hall–Kier alpha value is -1.74. The molecule has 2 fully saturated rings. The average molecular weight is 340 g/mol. The van der Waals surface area contributed by atoms with Crippen molar-refractivity contribution in [3.63, 3.8) is 0 Å². The predicted octanol–water partition coefficient (Wildman–Crippen LogP) is 0.647. The number of anilines is 1. The van der Waals surface area contributed by atoms with Gasteiger partial charge in [-0.2, -0.15) is 0 Å². The van der Waals surface area contributed by atoms with Crippen LogP contribution in [0.4, 0.5) is 10.6 Å². The maximum absolute atomic E-state index is 11.6. The second kappa shape index (κ2) is 6.40. The Labute approximate surface area is 135 Å². The first-order valence-corrected chi connectivity index (χ1v) is 9.48. The van der Waals surface area contributed by atoms with E-state index in [1.165, 1.54) is 21.8 Å². The minimum atomic E-state index is -3.10. The molecule has 1 aromatic heterocycles. The van der Waals surface area contributed by atoms with Crippen LogP contribution in [0.2, 0.25) is 0 Å². The van der Waals surface area contributed by atoms with Crippen LogP contribution in [0, 0.1) is 5.92 Å². The van der Waals surface area contributed by atoms with Crippen LogP contribution in [0.25, 0.3) is 0 Å². The molecule has 3 heterocycles. The molecule has 0 unspecified atom stereocenters. The normalized spacial score (nSPS) is 20.7. The topological polar surface area (TPSA) is 92.7 Å². The molecule has 2 saturated heterocycles. The van der Waals surface area contributed by atoms with E-state index in [-0.39, 0.29) is 6.09 Å². The first-order chi connectivity index (χ1) is 10.9. The van der Waals surface area contributed by atoms with Gasteiger partial charge in [-0.3, -0.25) is 4.90 Å². The Balaban J connectivity index is 1.62. The monoisotopic (exact) mass is 340 g/mol. The Morgan fingerprint density at radius 2 is 2.00 bits per heavy atom. The lowest BCUT2D eigenvalue weighted by Crippen LogP contribution is -2.38. The summed E-state index contributed by atoms with van der Waals surface area (Å²) in [5, 5.41) is 0. The number of piperidine rings is 1. The predicted molar refractivity (Wildman–Crippen MR) is 83.6 cm³/mol. The van der Waals surface area contributed by atoms with E-state index in [0.29, 0.717) is 38.0 Å². The van der Waals surface area contributed by atoms with Gasteiger partial charge >= 0.3 is 6.09 Å². The summed E-state index contributed by atoms with van der Waals surface area (Å²) in [7, 11) is -3.10. The van der Waals surface area contributed by atoms with E-state index in [1.54, 1.807) is 0 Å². The van der Waals surface area contributed by atoms with Gasteiger partial charge in [0.25, 0.3) is 0 Å². The minimum absolute atomic E-state index is 0.377. The Morgan fingerprint density at radius 3 is 2.61 bits per heavy atom. The van der Waals surface area contributed by atoms with Crippen molar-refractivity contribution < 1.29 is 17.9 Å². The smallest absolute Gasteiger partial charge is 0.415 e. The van der Waals surface area contributed by atoms with Crippen LogP contribution in [0.5, 0.6) is 0 Å². The lowest BCUT2D eigenvalue weighted by Gasteiger charge is -2.30. The van der Waals surface area contributed by atoms with E-state index in [1.807, 2.05) is 6.07 Å². The van der Waals surface area contributed by atoms with Crippen LogP contribution in [0.15, 0.2) is 12.4 Å². The van der Waals surface area contributed by atoms with Gasteiger partial charge in [-0.25, -0.2) is 27.5 Å². The van der Waals surface area contributed by atoms with Crippen molar-refractivity contribution in [3.8, 4) is 0 Å². The molecule has 0 aliphatic carbocycles. The molecule has 9 heteroatoms. The number of rotatable bonds is 4. The van der Waals surface area contributed by atoms with Crippen molar-refractivity contribution in [2.24, 2.45) is 5.92 Å². The molecule has 8 nitrogen and oxygen atoms in total. The minimum Gasteiger partial charge on any atom is -0.447 e. The van der Waals surface area contributed by atoms with E-state index >= 15 is 0 Å². The third-order valence-electron chi connectivity index (χ3n) is 4.29. The molecule has 0 bridgehead atoms. The number of nitrogens with zero attached hydrogens (tertiary/aromatic N) is 4. The largest absolute Gasteiger partial charge is 0.447 e. The molecule has 0 aromatic carbocycles. The molecule has 0 radical (unpaired) electrons. The van der Waals surface area contributed by atoms with E-state index in [9.17, 15) is 13.2 Å². The van der Waals surface area contributed by atoms with E-state index in [4.69, 9.17) is 4.74 Å². The highest BCUT2D eigenvalue weighted by Gasteiger charge is 2.27. The summed E-state index contributed by atoms with van der Waals surface area (Å²) in [6.07, 6.45) is 4.73. The summed E-state index contributed by atoms with van der Waals surface area (Å²) in [4.78, 5) is 21.5. The molecule has 23 heavy (non-hydrogen) atoms. The highest BCUT2D eigenvalue weighted by molar-refractivity contribution is 7.88. The van der Waals surface area contributed by atoms with Crippen molar-refractivity contribution in [2.75, 3.05) is 37.4 Å². The van der Waals surface area contributed by atoms with Gasteiger partial charge in [0.05, 0.1) is 12.8 Å². The van der Waals surface area contributed by atoms with Crippen molar-refractivity contribution in [3.05, 3.63) is 18.1 Å². The van der Waals surface area contributed by atoms with Crippen molar-refractivity contribution >= 4 is 21.9 Å². The molecule has 2 aliphatic rings. The van der Waals surface area contributed by atoms with Crippen LogP contribution in [-0.2, 0) is 21.2 Å². The highest BCUT2D eigenvalue weighted by atomic mass is 32.2. The van der Waals surface area contributed by atoms with Crippen LogP contribution in [0.3, 0.4) is 0 Å². The fourth-order valence-electron chi connectivity index (χ4n) is 2.99. The zero-order chi connectivity index (χ0) is 16.4. The van der Waals surface area contributed by atoms with Gasteiger partial charge in [0.15, 0.2) is 0 Å². The summed E-state index contributed by atoms with van der Waals surface area (Å²) in [6.45, 7) is 1.99. The Morgan fingerprint density at radius 1 is 1.26 bits per heavy atom. The van der Waals surface area contributed by atoms with Crippen molar-refractivity contribution in [2.45, 2.75) is 19.3 Å². The highest BCUT2D eigenvalue weighted by Crippen LogP contribution is 2.24. The van der Waals surface area contributed by atoms with Crippen LogP contribution in [0.1, 0.15) is 18.5 Å². The van der Waals surface area contributed by atoms with Crippen molar-refractivity contribution in [1.82, 2.24) is 14.3 Å². The third-order valence-corrected chi connectivity index (χ3v) is 5.59. The van der Waals surface area contributed by atoms with Crippen LogP contribution < -0.4 is 4.90 Å². The number of aromatic nitrogens is 2. The van der Waals surface area contributed by atoms with Crippen LogP contribution in [-0.4, -0.2) is 61.3 Å². The zero-order valence-corrected chi connectivity index (χ0v) is 13.8. The quantitative estimate of drug-likeness (QED) is 0.799. The maximum atomic E-state index is 11.6. The summed E-state index contributed by atoms with van der Waals surface area (Å²) in [5.41, 5.74) is 0.868. The molecule has 1 aromatic rings. The van der Waals surface area contributed by atoms with Gasteiger partial charge in [-0.05, 0) is 25.2 Å². The third kappa shape index (κ3) is 3.78. The van der Waals surface area contributed by atoms with E-state index < -0.39 is 10.0 Å². The summed E-state index contributed by atoms with van der Waals surface area (Å²) in [6, 6.07) is 1.81. The molecule has 126 valence electrons. The summed E-state index contributed by atoms with van der Waals surface area (Å²) < 4.78 is 29.5. The number of cyclic esters (lactones) is 1. The van der Waals surface area contributed by atoms with Crippen molar-refractivity contribution in [1.29, 1.82) is 0 Å². The summed E-state index contributed by atoms with van der Waals surface area (Å²) >= 11 is 0. The molecule has 0 saturated carbocycles. The molecular weight excluding hydrogens is 320 g/mol. The molecule has 0 N–H and O–H groups in total. The fraction of sp³-hybridized carbons (Fsp3) is 0.643. The molecule has 0 spiro atoms. The van der Waals surface area contributed by atoms with Gasteiger partial charge in [-0.15, -0.1) is 0 Å². The first-order valence-electron chi connectivity index (χ1n) is 7.64. The molecule has 3 rings (SSSR count). The number of hydrogen-bond donors (Lipinski definition) is 0. The SMILES string of the molecule is CS(=O)(=O)N1CCC(Cc2cc(N3CCOC3=O)ncn2)CC1. The Kier molecular flexibility index (Phi) is 4.49. The molecular formula is C14H20N4O4S. The second-order valence-corrected chi connectivity index (χ2v) is 7.93. The summed E-state index contributed by atoms with van der Waals surface area (Å²) in [5.74, 6) is 0.951. The van der Waals surface area contributed by atoms with E-state index in [2.05, 4.69) is 9.97 Å². The molecule has 0 atom stereocenters. The zero-order valence-electron chi connectivity index (χ0n) is 13.0. The standard InChI is InChI=1S/C14H20N4O4S/c1-23(20,21)17-4-2-11(3-5-17)8-12-9-13(16-10-15-12)18-6-7-22-14(18)19/h9-11H,2-8H2,1H3. The van der Waals surface area contributed by atoms with Gasteiger partial charge in [0, 0.05) is 24.8 Å². The number of hydrogen-bond acceptors (Lipinski definition) is 6. The van der Waals surface area contributed by atoms with Gasteiger partial charge in [0.1, 0.15) is 18.8 Å². The van der Waals surface area contributed by atoms with E-state index in [0.717, 1.165) is 25.0 Å². The fourth-order valence-corrected chi connectivity index (χ4v) is 3.86. The maximum Gasteiger partial charge on any atom is 0.415 e. The van der Waals surface area contributed by atoms with Gasteiger partial charge < -0.3 is 4.74 Å². The number of ether oxygens (including phenoxy) is 1. The van der Waals surface area contributed by atoms with Crippen LogP contribution >= 0.6 is 0 Å². The average Bonchev–Trinajstić information content (AvgIpc) is 2.93. The first kappa shape index (κ1) is 16.1. The van der Waals surface area contributed by atoms with Gasteiger partial charge in [-0.1, -0.05) is 0 Å². The molecule has 1 amide bonds. The molecule has 2 aliphatic heterocycles. The number of carbonyl (C=O) groups is 1. The Bertz CT molecular complexity index is 686. The number of amides is 1. The number of sulfonamides is 1. The lowest BCUT2D eigenvalue weighted by atomic mass is 9.93. The second-order valence-electron chi connectivity index (χ2n) is 5.94. The lowest BCUT2D eigenvalue weighted by molar-refractivity contribution is 0.181. The number of carbonyl (C=O) groups excluding carboxylic acids is 1. The van der Waals surface area contributed by atoms with Gasteiger partial charge in [0.2, 0.25) is 10.0 Å².